The third kappa shape index (κ3) is 1.78. The van der Waals surface area contributed by atoms with Gasteiger partial charge in [-0.15, -0.1) is 0 Å². The lowest BCUT2D eigenvalue weighted by atomic mass is 10.4. The molecule has 0 spiro atoms. The van der Waals surface area contributed by atoms with Crippen LogP contribution in [0.5, 0.6) is 0 Å². The molecule has 0 saturated heterocycles. The molecule has 0 aromatic carbocycles. The average Bonchev–Trinajstić information content (AvgIpc) is 2.62. The van der Waals surface area contributed by atoms with Crippen LogP contribution >= 0.6 is 0 Å². The van der Waals surface area contributed by atoms with Crippen LogP contribution in [0, 0.1) is 0 Å². The number of halogens is 2. The van der Waals surface area contributed by atoms with Crippen molar-refractivity contribution in [2.75, 3.05) is 0 Å². The van der Waals surface area contributed by atoms with E-state index in [0.29, 0.717) is 0 Å². The predicted molar refractivity (Wildman–Crippen MR) is 49.1 cm³/mol. The van der Waals surface area contributed by atoms with Crippen molar-refractivity contribution >= 4 is 0 Å². The molecule has 0 fully saturated rings. The summed E-state index contributed by atoms with van der Waals surface area (Å²) in [4.78, 5) is 15.2. The van der Waals surface area contributed by atoms with E-state index in [1.54, 1.807) is 18.2 Å². The van der Waals surface area contributed by atoms with Crippen molar-refractivity contribution in [1.82, 2.24) is 14.8 Å². The fraction of sp³-hybridized carbons (Fsp3) is 0.111. The highest BCUT2D eigenvalue weighted by atomic mass is 19.3. The van der Waals surface area contributed by atoms with Crippen molar-refractivity contribution in [2.24, 2.45) is 0 Å². The smallest absolute Gasteiger partial charge is 0.279 e. The normalized spacial score (nSPS) is 10.9. The number of hydrogen-bond donors (Lipinski definition) is 1. The highest BCUT2D eigenvalue weighted by Gasteiger charge is 2.13. The van der Waals surface area contributed by atoms with E-state index >= 15 is 0 Å². The third-order valence-electron chi connectivity index (χ3n) is 1.85. The van der Waals surface area contributed by atoms with Crippen LogP contribution in [-0.4, -0.2) is 14.8 Å². The average molecular weight is 211 g/mol. The fourth-order valence-corrected chi connectivity index (χ4v) is 1.18. The number of nitrogens with one attached hydrogen (secondary N) is 1. The lowest BCUT2D eigenvalue weighted by Gasteiger charge is -1.99. The second kappa shape index (κ2) is 3.64. The Morgan fingerprint density at radius 2 is 2.20 bits per heavy atom. The number of pyridine rings is 1. The maximum atomic E-state index is 12.3. The summed E-state index contributed by atoms with van der Waals surface area (Å²) in [5, 5.41) is 2.29. The Morgan fingerprint density at radius 1 is 1.40 bits per heavy atom. The summed E-state index contributed by atoms with van der Waals surface area (Å²) in [6.45, 7) is 0. The zero-order valence-electron chi connectivity index (χ0n) is 7.52. The SMILES string of the molecule is O=c1cc(C(F)F)[nH]n1-c1ccccn1. The minimum absolute atomic E-state index is 0.286. The van der Waals surface area contributed by atoms with E-state index in [0.717, 1.165) is 10.7 Å². The van der Waals surface area contributed by atoms with Crippen LogP contribution < -0.4 is 5.56 Å². The fourth-order valence-electron chi connectivity index (χ4n) is 1.18. The van der Waals surface area contributed by atoms with Crippen molar-refractivity contribution in [1.29, 1.82) is 0 Å². The van der Waals surface area contributed by atoms with Gasteiger partial charge in [-0.2, -0.15) is 0 Å². The third-order valence-corrected chi connectivity index (χ3v) is 1.85. The number of H-pyrrole nitrogens is 1. The minimum atomic E-state index is -2.69. The van der Waals surface area contributed by atoms with Crippen LogP contribution in [0.3, 0.4) is 0 Å². The molecule has 2 aromatic heterocycles. The molecule has 6 heteroatoms. The van der Waals surface area contributed by atoms with E-state index in [2.05, 4.69) is 10.1 Å². The zero-order chi connectivity index (χ0) is 10.8. The van der Waals surface area contributed by atoms with Gasteiger partial charge in [0.1, 0.15) is 5.69 Å². The van der Waals surface area contributed by atoms with Crippen LogP contribution in [-0.2, 0) is 0 Å². The number of alkyl halides is 2. The molecule has 0 aliphatic heterocycles. The van der Waals surface area contributed by atoms with Crippen molar-refractivity contribution in [3.8, 4) is 5.82 Å². The quantitative estimate of drug-likeness (QED) is 0.818. The number of aromatic amines is 1. The zero-order valence-corrected chi connectivity index (χ0v) is 7.52. The summed E-state index contributed by atoms with van der Waals surface area (Å²) in [6.07, 6.45) is -1.22. The molecule has 2 aromatic rings. The van der Waals surface area contributed by atoms with Crippen molar-refractivity contribution in [3.63, 3.8) is 0 Å². The van der Waals surface area contributed by atoms with Crippen LogP contribution in [0.25, 0.3) is 5.82 Å². The van der Waals surface area contributed by atoms with E-state index in [4.69, 9.17) is 0 Å². The molecule has 0 amide bonds. The van der Waals surface area contributed by atoms with Gasteiger partial charge in [-0.3, -0.25) is 9.89 Å². The molecule has 0 saturated carbocycles. The first-order valence-corrected chi connectivity index (χ1v) is 4.20. The minimum Gasteiger partial charge on any atom is -0.288 e. The summed E-state index contributed by atoms with van der Waals surface area (Å²) in [5.41, 5.74) is -0.963. The molecule has 15 heavy (non-hydrogen) atoms. The number of hydrogen-bond acceptors (Lipinski definition) is 2. The first-order valence-electron chi connectivity index (χ1n) is 4.20. The topological polar surface area (TPSA) is 50.7 Å². The highest BCUT2D eigenvalue weighted by Crippen LogP contribution is 2.14. The number of rotatable bonds is 2. The Bertz CT molecular complexity index is 504. The Labute approximate surface area is 83.2 Å². The summed E-state index contributed by atoms with van der Waals surface area (Å²) >= 11 is 0. The van der Waals surface area contributed by atoms with Gasteiger partial charge in [0.25, 0.3) is 12.0 Å². The predicted octanol–water partition coefficient (Wildman–Crippen LogP) is 1.50. The lowest BCUT2D eigenvalue weighted by molar-refractivity contribution is 0.145. The van der Waals surface area contributed by atoms with Gasteiger partial charge in [0, 0.05) is 12.3 Å². The molecule has 0 radical (unpaired) electrons. The molecular weight excluding hydrogens is 204 g/mol. The molecule has 2 rings (SSSR count). The summed E-state index contributed by atoms with van der Waals surface area (Å²) < 4.78 is 25.5. The Hall–Kier alpha value is -1.98. The molecule has 1 N–H and O–H groups in total. The van der Waals surface area contributed by atoms with Gasteiger partial charge in [-0.05, 0) is 12.1 Å². The van der Waals surface area contributed by atoms with E-state index in [-0.39, 0.29) is 5.82 Å². The lowest BCUT2D eigenvalue weighted by Crippen LogP contribution is -2.14. The molecule has 0 bridgehead atoms. The summed E-state index contributed by atoms with van der Waals surface area (Å²) in [5.74, 6) is 0.286. The van der Waals surface area contributed by atoms with Gasteiger partial charge >= 0.3 is 0 Å². The summed E-state index contributed by atoms with van der Waals surface area (Å²) in [7, 11) is 0. The molecule has 0 atom stereocenters. The molecule has 2 heterocycles. The largest absolute Gasteiger partial charge is 0.288 e. The number of aromatic nitrogens is 3. The van der Waals surface area contributed by atoms with Gasteiger partial charge in [0.05, 0.1) is 0 Å². The maximum absolute atomic E-state index is 12.3. The van der Waals surface area contributed by atoms with Crippen LogP contribution in [0.15, 0.2) is 35.3 Å². The van der Waals surface area contributed by atoms with Gasteiger partial charge in [0.2, 0.25) is 0 Å². The monoisotopic (exact) mass is 211 g/mol. The van der Waals surface area contributed by atoms with E-state index < -0.39 is 17.7 Å². The van der Waals surface area contributed by atoms with E-state index in [9.17, 15) is 13.6 Å². The van der Waals surface area contributed by atoms with Crippen LogP contribution in [0.2, 0.25) is 0 Å². The molecular formula is C9H7F2N3O. The van der Waals surface area contributed by atoms with Gasteiger partial charge in [0.15, 0.2) is 5.82 Å². The highest BCUT2D eigenvalue weighted by molar-refractivity contribution is 5.21. The maximum Gasteiger partial charge on any atom is 0.279 e. The first-order chi connectivity index (χ1) is 7.18. The molecule has 78 valence electrons. The van der Waals surface area contributed by atoms with Crippen LogP contribution in [0.1, 0.15) is 12.1 Å². The van der Waals surface area contributed by atoms with E-state index in [1.165, 1.54) is 6.20 Å². The first kappa shape index (κ1) is 9.57. The second-order valence-electron chi connectivity index (χ2n) is 2.87. The second-order valence-corrected chi connectivity index (χ2v) is 2.87. The van der Waals surface area contributed by atoms with E-state index in [1.807, 2.05) is 0 Å². The molecule has 0 unspecified atom stereocenters. The van der Waals surface area contributed by atoms with Crippen molar-refractivity contribution in [3.05, 3.63) is 46.5 Å². The van der Waals surface area contributed by atoms with Gasteiger partial charge in [-0.25, -0.2) is 18.4 Å². The van der Waals surface area contributed by atoms with Gasteiger partial charge in [-0.1, -0.05) is 6.07 Å². The molecule has 0 aliphatic rings. The Balaban J connectivity index is 2.50. The van der Waals surface area contributed by atoms with Crippen molar-refractivity contribution in [2.45, 2.75) is 6.43 Å². The molecule has 4 nitrogen and oxygen atoms in total. The van der Waals surface area contributed by atoms with Gasteiger partial charge < -0.3 is 0 Å². The standard InChI is InChI=1S/C9H7F2N3O/c10-9(11)6-5-8(15)14(13-6)7-3-1-2-4-12-7/h1-5,9,13H. The van der Waals surface area contributed by atoms with Crippen molar-refractivity contribution < 1.29 is 8.78 Å². The Kier molecular flexibility index (Phi) is 2.32. The molecule has 0 aliphatic carbocycles. The number of nitrogens with zero attached hydrogens (tertiary/aromatic N) is 2. The van der Waals surface area contributed by atoms with Crippen LogP contribution in [0.4, 0.5) is 8.78 Å². The summed E-state index contributed by atoms with van der Waals surface area (Å²) in [6, 6.07) is 5.75. The Morgan fingerprint density at radius 3 is 2.73 bits per heavy atom.